The van der Waals surface area contributed by atoms with Gasteiger partial charge in [0.1, 0.15) is 11.3 Å². The highest BCUT2D eigenvalue weighted by Crippen LogP contribution is 2.45. The van der Waals surface area contributed by atoms with E-state index in [4.69, 9.17) is 4.74 Å². The number of fused-ring (bicyclic) bond motifs is 3. The largest absolute Gasteiger partial charge is 0.490 e. The van der Waals surface area contributed by atoms with Crippen molar-refractivity contribution in [3.63, 3.8) is 0 Å². The van der Waals surface area contributed by atoms with Crippen LogP contribution in [0.15, 0.2) is 30.3 Å². The zero-order valence-electron chi connectivity index (χ0n) is 20.3. The van der Waals surface area contributed by atoms with E-state index in [9.17, 15) is 41.0 Å². The first-order valence-corrected chi connectivity index (χ1v) is 12.8. The van der Waals surface area contributed by atoms with Crippen molar-refractivity contribution < 1.29 is 45.8 Å². The maximum absolute atomic E-state index is 14.3. The minimum absolute atomic E-state index is 0.00683. The van der Waals surface area contributed by atoms with E-state index in [0.717, 1.165) is 0 Å². The minimum atomic E-state index is -4.83. The first-order chi connectivity index (χ1) is 17.8. The van der Waals surface area contributed by atoms with Crippen molar-refractivity contribution in [1.29, 1.82) is 0 Å². The molecule has 1 N–H and O–H groups in total. The number of rotatable bonds is 4. The SMILES string of the molecule is O=C(O)C1CC2CCC(C1)N2C(=O)c1ccc2ccc(OC3CCC(C(F)(F)F)CC3)c(C(F)(F)F)c2c1. The Bertz CT molecular complexity index is 1220. The molecule has 2 aromatic rings. The average molecular weight is 544 g/mol. The fraction of sp³-hybridized carbons (Fsp3) is 0.556. The highest BCUT2D eigenvalue weighted by molar-refractivity contribution is 6.00. The summed E-state index contributed by atoms with van der Waals surface area (Å²) >= 11 is 0. The van der Waals surface area contributed by atoms with E-state index in [2.05, 4.69) is 0 Å². The lowest BCUT2D eigenvalue weighted by molar-refractivity contribution is -0.185. The summed E-state index contributed by atoms with van der Waals surface area (Å²) in [5.41, 5.74) is -0.994. The molecule has 38 heavy (non-hydrogen) atoms. The van der Waals surface area contributed by atoms with Gasteiger partial charge in [0.25, 0.3) is 5.91 Å². The second kappa shape index (κ2) is 9.64. The molecule has 0 aromatic heterocycles. The van der Waals surface area contributed by atoms with Gasteiger partial charge in [-0.2, -0.15) is 26.3 Å². The second-order valence-electron chi connectivity index (χ2n) is 10.6. The summed E-state index contributed by atoms with van der Waals surface area (Å²) in [6, 6.07) is 6.16. The van der Waals surface area contributed by atoms with Crippen LogP contribution < -0.4 is 4.74 Å². The van der Waals surface area contributed by atoms with Crippen molar-refractivity contribution in [3.8, 4) is 5.75 Å². The van der Waals surface area contributed by atoms with Crippen molar-refractivity contribution in [1.82, 2.24) is 4.90 Å². The lowest BCUT2D eigenvalue weighted by atomic mass is 9.87. The van der Waals surface area contributed by atoms with Crippen LogP contribution in [0.4, 0.5) is 26.3 Å². The molecule has 3 fully saturated rings. The molecule has 0 radical (unpaired) electrons. The van der Waals surface area contributed by atoms with Crippen LogP contribution in [0.25, 0.3) is 10.8 Å². The molecule has 0 spiro atoms. The highest BCUT2D eigenvalue weighted by Gasteiger charge is 2.46. The van der Waals surface area contributed by atoms with E-state index in [1.54, 1.807) is 4.90 Å². The minimum Gasteiger partial charge on any atom is -0.490 e. The van der Waals surface area contributed by atoms with Gasteiger partial charge in [0.05, 0.1) is 17.9 Å². The highest BCUT2D eigenvalue weighted by atomic mass is 19.4. The zero-order valence-corrected chi connectivity index (χ0v) is 20.3. The molecule has 2 atom stereocenters. The molecule has 3 aliphatic rings. The molecular formula is C27H27F6NO4. The first kappa shape index (κ1) is 26.6. The lowest BCUT2D eigenvalue weighted by Crippen LogP contribution is -2.47. The van der Waals surface area contributed by atoms with Gasteiger partial charge in [-0.3, -0.25) is 9.59 Å². The van der Waals surface area contributed by atoms with Crippen molar-refractivity contribution >= 4 is 22.6 Å². The van der Waals surface area contributed by atoms with Crippen LogP contribution >= 0.6 is 0 Å². The molecule has 2 heterocycles. The van der Waals surface area contributed by atoms with Gasteiger partial charge in [0.2, 0.25) is 0 Å². The lowest BCUT2D eigenvalue weighted by Gasteiger charge is -2.37. The van der Waals surface area contributed by atoms with E-state index >= 15 is 0 Å². The molecule has 2 unspecified atom stereocenters. The Kier molecular flexibility index (Phi) is 6.76. The van der Waals surface area contributed by atoms with Crippen molar-refractivity contribution in [2.24, 2.45) is 11.8 Å². The fourth-order valence-corrected chi connectivity index (χ4v) is 6.37. The standard InChI is InChI=1S/C27H27F6NO4/c28-26(29,30)17-4-8-20(9-5-17)38-22-10-3-14-1-2-15(13-21(14)23(22)27(31,32)33)24(35)34-18-6-7-19(34)12-16(11-18)25(36)37/h1-3,10,13,16-20H,4-9,11-12H2,(H,36,37). The molecule has 2 bridgehead atoms. The Balaban J connectivity index is 1.43. The smallest absolute Gasteiger partial charge is 0.420 e. The van der Waals surface area contributed by atoms with Crippen LogP contribution in [0, 0.1) is 11.8 Å². The summed E-state index contributed by atoms with van der Waals surface area (Å²) in [5.74, 6) is -3.84. The van der Waals surface area contributed by atoms with E-state index in [0.29, 0.717) is 25.7 Å². The van der Waals surface area contributed by atoms with Gasteiger partial charge in [0, 0.05) is 17.6 Å². The van der Waals surface area contributed by atoms with Gasteiger partial charge in [-0.15, -0.1) is 0 Å². The predicted molar refractivity (Wildman–Crippen MR) is 125 cm³/mol. The van der Waals surface area contributed by atoms with Crippen LogP contribution in [-0.4, -0.2) is 46.2 Å². The third-order valence-corrected chi connectivity index (χ3v) is 8.26. The molecule has 2 saturated heterocycles. The number of nitrogens with zero attached hydrogens (tertiary/aromatic N) is 1. The maximum Gasteiger partial charge on any atom is 0.420 e. The van der Waals surface area contributed by atoms with Gasteiger partial charge in [-0.25, -0.2) is 0 Å². The molecule has 1 amide bonds. The van der Waals surface area contributed by atoms with E-state index in [-0.39, 0.29) is 54.1 Å². The number of aliphatic carboxylic acids is 1. The topological polar surface area (TPSA) is 66.8 Å². The number of carbonyl (C=O) groups excluding carboxylic acids is 1. The van der Waals surface area contributed by atoms with Gasteiger partial charge in [-0.05, 0) is 80.3 Å². The predicted octanol–water partition coefficient (Wildman–Crippen LogP) is 6.83. The molecule has 2 aromatic carbocycles. The second-order valence-corrected chi connectivity index (χ2v) is 10.6. The van der Waals surface area contributed by atoms with Crippen LogP contribution in [-0.2, 0) is 11.0 Å². The molecule has 11 heteroatoms. The first-order valence-electron chi connectivity index (χ1n) is 12.8. The van der Waals surface area contributed by atoms with Crippen LogP contribution in [0.2, 0.25) is 0 Å². The summed E-state index contributed by atoms with van der Waals surface area (Å²) in [7, 11) is 0. The van der Waals surface area contributed by atoms with Crippen molar-refractivity contribution in [2.75, 3.05) is 0 Å². The third kappa shape index (κ3) is 5.03. The molecule has 206 valence electrons. The Labute approximate surface area is 214 Å². The summed E-state index contributed by atoms with van der Waals surface area (Å²) in [6.45, 7) is 0. The van der Waals surface area contributed by atoms with Crippen molar-refractivity contribution in [3.05, 3.63) is 41.5 Å². The van der Waals surface area contributed by atoms with E-state index < -0.39 is 53.5 Å². The number of carboxylic acid groups (broad SMARTS) is 1. The molecule has 5 rings (SSSR count). The summed E-state index contributed by atoms with van der Waals surface area (Å²) in [5, 5.41) is 9.41. The van der Waals surface area contributed by atoms with Gasteiger partial charge >= 0.3 is 18.3 Å². The Morgan fingerprint density at radius 1 is 0.868 bits per heavy atom. The van der Waals surface area contributed by atoms with Gasteiger partial charge < -0.3 is 14.7 Å². The number of amides is 1. The number of ether oxygens (including phenoxy) is 1. The molecule has 2 aliphatic heterocycles. The number of carboxylic acids is 1. The number of benzene rings is 2. The van der Waals surface area contributed by atoms with Crippen LogP contribution in [0.1, 0.15) is 67.3 Å². The fourth-order valence-electron chi connectivity index (χ4n) is 6.37. The summed E-state index contributed by atoms with van der Waals surface area (Å²) in [6.07, 6.45) is -8.45. The Morgan fingerprint density at radius 2 is 1.47 bits per heavy atom. The normalized spacial score (nSPS) is 27.9. The van der Waals surface area contributed by atoms with Crippen LogP contribution in [0.5, 0.6) is 5.75 Å². The zero-order chi connectivity index (χ0) is 27.4. The van der Waals surface area contributed by atoms with E-state index in [1.807, 2.05) is 0 Å². The van der Waals surface area contributed by atoms with Crippen molar-refractivity contribution in [2.45, 2.75) is 81.9 Å². The molecular weight excluding hydrogens is 516 g/mol. The summed E-state index contributed by atoms with van der Waals surface area (Å²) in [4.78, 5) is 26.5. The van der Waals surface area contributed by atoms with Gasteiger partial charge in [0.15, 0.2) is 0 Å². The number of hydrogen-bond acceptors (Lipinski definition) is 3. The summed E-state index contributed by atoms with van der Waals surface area (Å²) < 4.78 is 87.5. The van der Waals surface area contributed by atoms with Gasteiger partial charge in [-0.1, -0.05) is 12.1 Å². The third-order valence-electron chi connectivity index (χ3n) is 8.26. The number of hydrogen-bond donors (Lipinski definition) is 1. The Morgan fingerprint density at radius 3 is 2.03 bits per heavy atom. The number of alkyl halides is 6. The van der Waals surface area contributed by atoms with Crippen LogP contribution in [0.3, 0.4) is 0 Å². The molecule has 1 saturated carbocycles. The number of piperidine rings is 1. The molecule has 1 aliphatic carbocycles. The quantitative estimate of drug-likeness (QED) is 0.430. The monoisotopic (exact) mass is 543 g/mol. The Hall–Kier alpha value is -2.98. The average Bonchev–Trinajstić information content (AvgIpc) is 3.10. The maximum atomic E-state index is 14.3. The number of carbonyl (C=O) groups is 2. The van der Waals surface area contributed by atoms with E-state index in [1.165, 1.54) is 30.3 Å². The number of halogens is 6. The molecule has 5 nitrogen and oxygen atoms in total.